The van der Waals surface area contributed by atoms with Crippen LogP contribution in [0.5, 0.6) is 0 Å². The van der Waals surface area contributed by atoms with E-state index in [1.54, 1.807) is 0 Å². The van der Waals surface area contributed by atoms with Gasteiger partial charge in [0.15, 0.2) is 0 Å². The molecule has 2 N–H and O–H groups in total. The van der Waals surface area contributed by atoms with Crippen LogP contribution in [0.2, 0.25) is 0 Å². The Bertz CT molecular complexity index is 418. The molecule has 0 spiro atoms. The molecule has 0 atom stereocenters. The standard InChI is InChI=1S/C14H26N4S/c1-7-8-15-12-10(2)13(18-11(3)17-12)16-9-14(4,5)19-6/h7-9H2,1-6H3,(H2,15,16,17,18). The molecule has 0 saturated carbocycles. The van der Waals surface area contributed by atoms with Crippen LogP contribution in [-0.4, -0.2) is 34.1 Å². The van der Waals surface area contributed by atoms with Crippen LogP contribution in [0, 0.1) is 13.8 Å². The van der Waals surface area contributed by atoms with Crippen LogP contribution in [0.3, 0.4) is 0 Å². The molecule has 0 unspecified atom stereocenters. The van der Waals surface area contributed by atoms with Gasteiger partial charge in [-0.1, -0.05) is 6.92 Å². The van der Waals surface area contributed by atoms with Crippen LogP contribution in [0.15, 0.2) is 0 Å². The molecule has 5 heteroatoms. The molecule has 0 bridgehead atoms. The van der Waals surface area contributed by atoms with Gasteiger partial charge in [-0.2, -0.15) is 11.8 Å². The van der Waals surface area contributed by atoms with Crippen LogP contribution in [0.1, 0.15) is 38.6 Å². The van der Waals surface area contributed by atoms with Crippen molar-refractivity contribution in [2.45, 2.75) is 45.8 Å². The fourth-order valence-corrected chi connectivity index (χ4v) is 1.80. The first kappa shape index (κ1) is 16.1. The van der Waals surface area contributed by atoms with Crippen molar-refractivity contribution in [3.8, 4) is 0 Å². The molecule has 0 fully saturated rings. The number of thioether (sulfide) groups is 1. The number of hydrogen-bond donors (Lipinski definition) is 2. The van der Waals surface area contributed by atoms with E-state index in [0.29, 0.717) is 0 Å². The third-order valence-corrected chi connectivity index (χ3v) is 4.28. The number of hydrogen-bond acceptors (Lipinski definition) is 5. The molecule has 1 heterocycles. The van der Waals surface area contributed by atoms with Crippen molar-refractivity contribution in [1.29, 1.82) is 0 Å². The van der Waals surface area contributed by atoms with Gasteiger partial charge < -0.3 is 10.6 Å². The Morgan fingerprint density at radius 2 is 1.68 bits per heavy atom. The first-order valence-corrected chi connectivity index (χ1v) is 8.00. The molecular weight excluding hydrogens is 256 g/mol. The summed E-state index contributed by atoms with van der Waals surface area (Å²) in [6.45, 7) is 12.4. The fraction of sp³-hybridized carbons (Fsp3) is 0.714. The van der Waals surface area contributed by atoms with E-state index in [4.69, 9.17) is 0 Å². The van der Waals surface area contributed by atoms with Crippen molar-refractivity contribution in [2.24, 2.45) is 0 Å². The summed E-state index contributed by atoms with van der Waals surface area (Å²) in [5.74, 6) is 2.68. The number of rotatable bonds is 7. The van der Waals surface area contributed by atoms with E-state index in [-0.39, 0.29) is 4.75 Å². The Hall–Kier alpha value is -0.970. The molecule has 0 amide bonds. The average Bonchev–Trinajstić information content (AvgIpc) is 2.37. The van der Waals surface area contributed by atoms with E-state index in [2.05, 4.69) is 54.6 Å². The predicted octanol–water partition coefficient (Wildman–Crippen LogP) is 3.47. The molecule has 1 aromatic rings. The van der Waals surface area contributed by atoms with Crippen LogP contribution >= 0.6 is 11.8 Å². The molecule has 0 aromatic carbocycles. The van der Waals surface area contributed by atoms with Gasteiger partial charge in [0.25, 0.3) is 0 Å². The van der Waals surface area contributed by atoms with E-state index in [1.807, 2.05) is 18.7 Å². The Kier molecular flexibility index (Phi) is 5.91. The lowest BCUT2D eigenvalue weighted by Gasteiger charge is -2.23. The third-order valence-electron chi connectivity index (χ3n) is 3.03. The highest BCUT2D eigenvalue weighted by Gasteiger charge is 2.17. The van der Waals surface area contributed by atoms with Crippen LogP contribution in [-0.2, 0) is 0 Å². The molecule has 0 aliphatic rings. The maximum absolute atomic E-state index is 4.51. The van der Waals surface area contributed by atoms with Crippen LogP contribution in [0.25, 0.3) is 0 Å². The summed E-state index contributed by atoms with van der Waals surface area (Å²) in [6, 6.07) is 0. The van der Waals surface area contributed by atoms with Gasteiger partial charge in [-0.3, -0.25) is 0 Å². The summed E-state index contributed by atoms with van der Waals surface area (Å²) < 4.78 is 0.197. The Balaban J connectivity index is 2.85. The number of aromatic nitrogens is 2. The SMILES string of the molecule is CCCNc1nc(C)nc(NCC(C)(C)SC)c1C. The van der Waals surface area contributed by atoms with E-state index < -0.39 is 0 Å². The lowest BCUT2D eigenvalue weighted by Crippen LogP contribution is -2.27. The van der Waals surface area contributed by atoms with Gasteiger partial charge in [-0.05, 0) is 40.4 Å². The minimum Gasteiger partial charge on any atom is -0.370 e. The second-order valence-electron chi connectivity index (χ2n) is 5.34. The molecule has 19 heavy (non-hydrogen) atoms. The Morgan fingerprint density at radius 1 is 1.11 bits per heavy atom. The van der Waals surface area contributed by atoms with Crippen molar-refractivity contribution < 1.29 is 0 Å². The van der Waals surface area contributed by atoms with Crippen molar-refractivity contribution in [3.63, 3.8) is 0 Å². The first-order chi connectivity index (χ1) is 8.89. The predicted molar refractivity (Wildman–Crippen MR) is 86.4 cm³/mol. The van der Waals surface area contributed by atoms with Gasteiger partial charge in [0, 0.05) is 23.4 Å². The Labute approximate surface area is 121 Å². The van der Waals surface area contributed by atoms with Gasteiger partial charge in [-0.25, -0.2) is 9.97 Å². The molecule has 1 aromatic heterocycles. The smallest absolute Gasteiger partial charge is 0.134 e. The van der Waals surface area contributed by atoms with E-state index in [9.17, 15) is 0 Å². The molecule has 0 aliphatic heterocycles. The highest BCUT2D eigenvalue weighted by atomic mass is 32.2. The lowest BCUT2D eigenvalue weighted by atomic mass is 10.2. The van der Waals surface area contributed by atoms with Gasteiger partial charge in [-0.15, -0.1) is 0 Å². The summed E-state index contributed by atoms with van der Waals surface area (Å²) in [7, 11) is 0. The molecule has 108 valence electrons. The molecular formula is C14H26N4S. The zero-order valence-electron chi connectivity index (χ0n) is 12.9. The lowest BCUT2D eigenvalue weighted by molar-refractivity contribution is 0.748. The van der Waals surface area contributed by atoms with Gasteiger partial charge in [0.05, 0.1) is 0 Å². The second kappa shape index (κ2) is 6.98. The maximum Gasteiger partial charge on any atom is 0.134 e. The highest BCUT2D eigenvalue weighted by Crippen LogP contribution is 2.24. The van der Waals surface area contributed by atoms with E-state index in [1.165, 1.54) is 0 Å². The fourth-order valence-electron chi connectivity index (χ4n) is 1.58. The van der Waals surface area contributed by atoms with E-state index in [0.717, 1.165) is 42.5 Å². The molecule has 1 rings (SSSR count). The minimum absolute atomic E-state index is 0.197. The quantitative estimate of drug-likeness (QED) is 0.802. The van der Waals surface area contributed by atoms with Gasteiger partial charge in [0.1, 0.15) is 17.5 Å². The summed E-state index contributed by atoms with van der Waals surface area (Å²) >= 11 is 1.85. The summed E-state index contributed by atoms with van der Waals surface area (Å²) in [5.41, 5.74) is 1.09. The van der Waals surface area contributed by atoms with Crippen molar-refractivity contribution in [1.82, 2.24) is 9.97 Å². The number of aryl methyl sites for hydroxylation is 1. The topological polar surface area (TPSA) is 49.8 Å². The average molecular weight is 282 g/mol. The van der Waals surface area contributed by atoms with Crippen molar-refractivity contribution >= 4 is 23.4 Å². The largest absolute Gasteiger partial charge is 0.370 e. The van der Waals surface area contributed by atoms with Crippen LogP contribution < -0.4 is 10.6 Å². The number of anilines is 2. The third kappa shape index (κ3) is 4.90. The monoisotopic (exact) mass is 282 g/mol. The zero-order valence-corrected chi connectivity index (χ0v) is 13.7. The van der Waals surface area contributed by atoms with Crippen molar-refractivity contribution in [2.75, 3.05) is 30.0 Å². The minimum atomic E-state index is 0.197. The molecule has 4 nitrogen and oxygen atoms in total. The normalized spacial score (nSPS) is 11.5. The first-order valence-electron chi connectivity index (χ1n) is 6.77. The Morgan fingerprint density at radius 3 is 2.21 bits per heavy atom. The number of nitrogens with zero attached hydrogens (tertiary/aromatic N) is 2. The van der Waals surface area contributed by atoms with Gasteiger partial charge >= 0.3 is 0 Å². The molecule has 0 aliphatic carbocycles. The summed E-state index contributed by atoms with van der Waals surface area (Å²) in [6.07, 6.45) is 3.22. The van der Waals surface area contributed by atoms with Crippen LogP contribution in [0.4, 0.5) is 11.6 Å². The van der Waals surface area contributed by atoms with E-state index >= 15 is 0 Å². The zero-order chi connectivity index (χ0) is 14.5. The summed E-state index contributed by atoms with van der Waals surface area (Å²) in [5, 5.41) is 6.81. The molecule has 0 saturated heterocycles. The van der Waals surface area contributed by atoms with Gasteiger partial charge in [0.2, 0.25) is 0 Å². The summed E-state index contributed by atoms with van der Waals surface area (Å²) in [4.78, 5) is 8.98. The van der Waals surface area contributed by atoms with Crippen molar-refractivity contribution in [3.05, 3.63) is 11.4 Å². The maximum atomic E-state index is 4.51. The highest BCUT2D eigenvalue weighted by molar-refractivity contribution is 7.99. The molecule has 0 radical (unpaired) electrons. The second-order valence-corrected chi connectivity index (χ2v) is 6.85. The number of nitrogens with one attached hydrogen (secondary N) is 2.